The molecule has 0 saturated heterocycles. The molecule has 3 aromatic rings. The van der Waals surface area contributed by atoms with Gasteiger partial charge in [-0.05, 0) is 36.2 Å². The Morgan fingerprint density at radius 2 is 1.88 bits per heavy atom. The maximum Gasteiger partial charge on any atom is 0.416 e. The van der Waals surface area contributed by atoms with Crippen LogP contribution in [0.1, 0.15) is 11.1 Å². The van der Waals surface area contributed by atoms with Gasteiger partial charge in [0.2, 0.25) is 5.91 Å². The van der Waals surface area contributed by atoms with Gasteiger partial charge in [0, 0.05) is 29.3 Å². The van der Waals surface area contributed by atoms with E-state index in [4.69, 9.17) is 0 Å². The Morgan fingerprint density at radius 1 is 1.08 bits per heavy atom. The fourth-order valence-corrected chi connectivity index (χ4v) is 2.73. The molecule has 0 radical (unpaired) electrons. The van der Waals surface area contributed by atoms with Crippen LogP contribution in [-0.2, 0) is 17.4 Å². The first-order chi connectivity index (χ1) is 12.4. The van der Waals surface area contributed by atoms with E-state index in [-0.39, 0.29) is 18.1 Å². The van der Waals surface area contributed by atoms with Crippen LogP contribution in [0.25, 0.3) is 10.9 Å². The zero-order chi connectivity index (χ0) is 18.6. The van der Waals surface area contributed by atoms with Gasteiger partial charge in [-0.1, -0.05) is 24.3 Å². The molecule has 0 bridgehead atoms. The lowest BCUT2D eigenvalue weighted by Crippen LogP contribution is -2.31. The van der Waals surface area contributed by atoms with Crippen LogP contribution in [0.4, 0.5) is 18.9 Å². The molecule has 7 heteroatoms. The number of anilines is 1. The maximum atomic E-state index is 12.7. The summed E-state index contributed by atoms with van der Waals surface area (Å²) in [5.41, 5.74) is 1.65. The van der Waals surface area contributed by atoms with Gasteiger partial charge in [-0.2, -0.15) is 13.2 Å². The molecule has 2 aromatic carbocycles. The molecule has 0 aliphatic heterocycles. The number of amides is 1. The van der Waals surface area contributed by atoms with E-state index in [2.05, 4.69) is 15.6 Å². The number of rotatable bonds is 6. The van der Waals surface area contributed by atoms with Crippen molar-refractivity contribution in [3.05, 3.63) is 65.9 Å². The molecule has 1 aromatic heterocycles. The number of fused-ring (bicyclic) bond motifs is 1. The largest absolute Gasteiger partial charge is 0.416 e. The highest BCUT2D eigenvalue weighted by Gasteiger charge is 2.30. The molecule has 0 atom stereocenters. The fraction of sp³-hybridized carbons (Fsp3) is 0.211. The molecular weight excluding hydrogens is 343 g/mol. The number of carbonyl (C=O) groups is 1. The first-order valence-corrected chi connectivity index (χ1v) is 8.16. The van der Waals surface area contributed by atoms with E-state index in [1.54, 1.807) is 0 Å². The molecule has 4 nitrogen and oxygen atoms in total. The van der Waals surface area contributed by atoms with E-state index < -0.39 is 11.7 Å². The minimum Gasteiger partial charge on any atom is -0.376 e. The summed E-state index contributed by atoms with van der Waals surface area (Å²) in [4.78, 5) is 15.1. The predicted molar refractivity (Wildman–Crippen MR) is 94.9 cm³/mol. The van der Waals surface area contributed by atoms with Gasteiger partial charge in [-0.15, -0.1) is 0 Å². The molecule has 0 aliphatic rings. The van der Waals surface area contributed by atoms with Crippen molar-refractivity contribution in [2.45, 2.75) is 12.6 Å². The molecule has 3 N–H and O–H groups in total. The van der Waals surface area contributed by atoms with Crippen LogP contribution in [0, 0.1) is 0 Å². The number of alkyl halides is 3. The molecule has 0 unspecified atom stereocenters. The first-order valence-electron chi connectivity index (χ1n) is 8.16. The lowest BCUT2D eigenvalue weighted by atomic mass is 10.1. The summed E-state index contributed by atoms with van der Waals surface area (Å²) in [6.45, 7) is 0.361. The van der Waals surface area contributed by atoms with Crippen molar-refractivity contribution in [3.63, 3.8) is 0 Å². The monoisotopic (exact) mass is 361 g/mol. The lowest BCUT2D eigenvalue weighted by molar-refractivity contribution is -0.137. The fourth-order valence-electron chi connectivity index (χ4n) is 2.73. The van der Waals surface area contributed by atoms with Crippen molar-refractivity contribution < 1.29 is 18.0 Å². The van der Waals surface area contributed by atoms with Crippen molar-refractivity contribution in [1.82, 2.24) is 10.3 Å². The van der Waals surface area contributed by atoms with Crippen LogP contribution in [0.5, 0.6) is 0 Å². The summed E-state index contributed by atoms with van der Waals surface area (Å²) in [6.07, 6.45) is -1.82. The number of halogens is 3. The van der Waals surface area contributed by atoms with E-state index in [9.17, 15) is 18.0 Å². The van der Waals surface area contributed by atoms with E-state index >= 15 is 0 Å². The van der Waals surface area contributed by atoms with E-state index in [0.29, 0.717) is 13.0 Å². The summed E-state index contributed by atoms with van der Waals surface area (Å²) in [5, 5.41) is 6.59. The minimum atomic E-state index is -4.40. The molecule has 1 heterocycles. The number of nitrogens with one attached hydrogen (secondary N) is 3. The summed E-state index contributed by atoms with van der Waals surface area (Å²) < 4.78 is 38.0. The van der Waals surface area contributed by atoms with Crippen LogP contribution in [0.15, 0.2) is 54.7 Å². The number of aromatic amines is 1. The molecule has 0 spiro atoms. The molecule has 1 amide bonds. The molecule has 26 heavy (non-hydrogen) atoms. The number of H-pyrrole nitrogens is 1. The Hall–Kier alpha value is -2.96. The second-order valence-electron chi connectivity index (χ2n) is 5.89. The van der Waals surface area contributed by atoms with Crippen molar-refractivity contribution in [2.24, 2.45) is 0 Å². The summed E-state index contributed by atoms with van der Waals surface area (Å²) in [5.74, 6) is -0.276. The second-order valence-corrected chi connectivity index (χ2v) is 5.89. The van der Waals surface area contributed by atoms with Crippen molar-refractivity contribution in [3.8, 4) is 0 Å². The zero-order valence-corrected chi connectivity index (χ0v) is 13.9. The molecule has 136 valence electrons. The number of para-hydroxylation sites is 1. The third-order valence-electron chi connectivity index (χ3n) is 4.03. The molecule has 0 saturated carbocycles. The van der Waals surface area contributed by atoms with Crippen molar-refractivity contribution >= 4 is 22.5 Å². The third kappa shape index (κ3) is 4.36. The SMILES string of the molecule is O=C(CNc1cccc(C(F)(F)F)c1)NCCc1c[nH]c2ccccc12. The highest BCUT2D eigenvalue weighted by molar-refractivity contribution is 5.83. The summed E-state index contributed by atoms with van der Waals surface area (Å²) >= 11 is 0. The molecule has 0 aliphatic carbocycles. The van der Waals surface area contributed by atoms with Gasteiger partial charge in [0.15, 0.2) is 0 Å². The molecule has 3 rings (SSSR count). The predicted octanol–water partition coefficient (Wildman–Crippen LogP) is 3.96. The zero-order valence-electron chi connectivity index (χ0n) is 13.9. The maximum absolute atomic E-state index is 12.7. The quantitative estimate of drug-likeness (QED) is 0.623. The van der Waals surface area contributed by atoms with E-state index in [1.165, 1.54) is 12.1 Å². The Balaban J connectivity index is 1.47. The smallest absolute Gasteiger partial charge is 0.376 e. The topological polar surface area (TPSA) is 56.9 Å². The Kier molecular flexibility index (Phi) is 5.16. The van der Waals surface area contributed by atoms with Gasteiger partial charge in [0.05, 0.1) is 12.1 Å². The third-order valence-corrected chi connectivity index (χ3v) is 4.03. The van der Waals surface area contributed by atoms with Gasteiger partial charge in [0.25, 0.3) is 0 Å². The average Bonchev–Trinajstić information content (AvgIpc) is 3.03. The van der Waals surface area contributed by atoms with E-state index in [1.807, 2.05) is 30.5 Å². The normalized spacial score (nSPS) is 11.5. The Morgan fingerprint density at radius 3 is 2.69 bits per heavy atom. The van der Waals surface area contributed by atoms with Crippen LogP contribution in [0.2, 0.25) is 0 Å². The number of carbonyl (C=O) groups excluding carboxylic acids is 1. The average molecular weight is 361 g/mol. The highest BCUT2D eigenvalue weighted by Crippen LogP contribution is 2.30. The summed E-state index contributed by atoms with van der Waals surface area (Å²) in [6, 6.07) is 12.7. The number of hydrogen-bond donors (Lipinski definition) is 3. The standard InChI is InChI=1S/C19H18F3N3O/c20-19(21,22)14-4-3-5-15(10-14)24-12-18(26)23-9-8-13-11-25-17-7-2-1-6-16(13)17/h1-7,10-11,24-25H,8-9,12H2,(H,23,26). The van der Waals surface area contributed by atoms with Crippen LogP contribution >= 0.6 is 0 Å². The van der Waals surface area contributed by atoms with Crippen LogP contribution in [0.3, 0.4) is 0 Å². The van der Waals surface area contributed by atoms with Gasteiger partial charge in [-0.3, -0.25) is 4.79 Å². The van der Waals surface area contributed by atoms with Gasteiger partial charge >= 0.3 is 6.18 Å². The minimum absolute atomic E-state index is 0.0881. The van der Waals surface area contributed by atoms with Crippen molar-refractivity contribution in [1.29, 1.82) is 0 Å². The number of aromatic nitrogens is 1. The van der Waals surface area contributed by atoms with Crippen LogP contribution in [-0.4, -0.2) is 24.0 Å². The molecule has 0 fully saturated rings. The highest BCUT2D eigenvalue weighted by atomic mass is 19.4. The van der Waals surface area contributed by atoms with Gasteiger partial charge in [0.1, 0.15) is 0 Å². The lowest BCUT2D eigenvalue weighted by Gasteiger charge is -2.11. The molecular formula is C19H18F3N3O. The second kappa shape index (κ2) is 7.51. The Labute approximate surface area is 148 Å². The van der Waals surface area contributed by atoms with Gasteiger partial charge < -0.3 is 15.6 Å². The van der Waals surface area contributed by atoms with Crippen LogP contribution < -0.4 is 10.6 Å². The number of benzene rings is 2. The number of hydrogen-bond acceptors (Lipinski definition) is 2. The summed E-state index contributed by atoms with van der Waals surface area (Å²) in [7, 11) is 0. The van der Waals surface area contributed by atoms with Crippen molar-refractivity contribution in [2.75, 3.05) is 18.4 Å². The first kappa shape index (κ1) is 17.8. The Bertz CT molecular complexity index is 902. The van der Waals surface area contributed by atoms with Gasteiger partial charge in [-0.25, -0.2) is 0 Å². The van der Waals surface area contributed by atoms with E-state index in [0.717, 1.165) is 28.6 Å².